The number of terminal acetylenes is 1. The van der Waals surface area contributed by atoms with Gasteiger partial charge >= 0.3 is 64.1 Å². The summed E-state index contributed by atoms with van der Waals surface area (Å²) in [4.78, 5) is 2.71. The third-order valence-electron chi connectivity index (χ3n) is 1.18. The van der Waals surface area contributed by atoms with Crippen LogP contribution in [0.5, 0.6) is 0 Å². The summed E-state index contributed by atoms with van der Waals surface area (Å²) < 4.78 is 0. The molecule has 0 aromatic carbocycles. The molecule has 1 heteroatoms. The minimum atomic E-state index is 0.494. The van der Waals surface area contributed by atoms with Crippen molar-refractivity contribution in [3.8, 4) is 11.2 Å². The number of hydrogen-bond acceptors (Lipinski definition) is 0. The molecule has 9 heavy (non-hydrogen) atoms. The van der Waals surface area contributed by atoms with E-state index >= 15 is 0 Å². The standard InChI is InChI=1S/C8H14Se/c1-3-5-6-7-8-9-4-2/h2H,3,5-8H2,1H3. The van der Waals surface area contributed by atoms with Crippen molar-refractivity contribution >= 4 is 15.0 Å². The Bertz CT molecular complexity index is 81.1. The molecule has 0 aromatic rings. The molecule has 0 atom stereocenters. The average Bonchev–Trinajstić information content (AvgIpc) is 1.89. The third kappa shape index (κ3) is 8.08. The zero-order chi connectivity index (χ0) is 6.95. The summed E-state index contributed by atoms with van der Waals surface area (Å²) in [6.45, 7) is 2.23. The van der Waals surface area contributed by atoms with Crippen LogP contribution < -0.4 is 0 Å². The molecule has 0 aliphatic heterocycles. The summed E-state index contributed by atoms with van der Waals surface area (Å²) in [7, 11) is 0. The van der Waals surface area contributed by atoms with Gasteiger partial charge in [0.05, 0.1) is 0 Å². The molecule has 0 aliphatic rings. The maximum atomic E-state index is 5.12. The molecule has 0 nitrogen and oxygen atoms in total. The quantitative estimate of drug-likeness (QED) is 0.353. The van der Waals surface area contributed by atoms with E-state index in [4.69, 9.17) is 6.42 Å². The monoisotopic (exact) mass is 190 g/mol. The average molecular weight is 189 g/mol. The summed E-state index contributed by atoms with van der Waals surface area (Å²) in [6.07, 6.45) is 10.5. The molecule has 0 saturated carbocycles. The molecule has 0 spiro atoms. The Hall–Kier alpha value is 0.0795. The van der Waals surface area contributed by atoms with Gasteiger partial charge in [0, 0.05) is 0 Å². The van der Waals surface area contributed by atoms with Crippen molar-refractivity contribution in [3.63, 3.8) is 0 Å². The van der Waals surface area contributed by atoms with E-state index in [0.29, 0.717) is 15.0 Å². The summed E-state index contributed by atoms with van der Waals surface area (Å²) in [5, 5.41) is 1.28. The first kappa shape index (κ1) is 9.08. The number of hydrogen-bond donors (Lipinski definition) is 0. The zero-order valence-corrected chi connectivity index (χ0v) is 7.73. The van der Waals surface area contributed by atoms with Crippen LogP contribution in [-0.2, 0) is 0 Å². The normalized spacial score (nSPS) is 8.89. The third-order valence-corrected chi connectivity index (χ3v) is 2.57. The van der Waals surface area contributed by atoms with Crippen LogP contribution in [0.3, 0.4) is 0 Å². The van der Waals surface area contributed by atoms with Crippen LogP contribution in [0, 0.1) is 11.2 Å². The molecule has 0 aromatic heterocycles. The maximum absolute atomic E-state index is 5.12. The number of rotatable bonds is 5. The van der Waals surface area contributed by atoms with Crippen LogP contribution in [0.4, 0.5) is 0 Å². The van der Waals surface area contributed by atoms with Gasteiger partial charge in [0.25, 0.3) is 0 Å². The summed E-state index contributed by atoms with van der Waals surface area (Å²) in [5.41, 5.74) is 0. The molecule has 0 radical (unpaired) electrons. The molecule has 0 heterocycles. The van der Waals surface area contributed by atoms with Crippen LogP contribution in [0.2, 0.25) is 5.32 Å². The van der Waals surface area contributed by atoms with Crippen molar-refractivity contribution in [2.24, 2.45) is 0 Å². The Kier molecular flexibility index (Phi) is 8.15. The fourth-order valence-corrected chi connectivity index (χ4v) is 1.64. The van der Waals surface area contributed by atoms with Gasteiger partial charge in [0.2, 0.25) is 0 Å². The topological polar surface area (TPSA) is 0 Å². The zero-order valence-electron chi connectivity index (χ0n) is 6.02. The Morgan fingerprint density at radius 2 is 2.11 bits per heavy atom. The van der Waals surface area contributed by atoms with Crippen molar-refractivity contribution in [2.75, 3.05) is 0 Å². The van der Waals surface area contributed by atoms with Crippen LogP contribution in [0.15, 0.2) is 0 Å². The van der Waals surface area contributed by atoms with E-state index in [-0.39, 0.29) is 0 Å². The molecule has 0 aliphatic carbocycles. The molecule has 52 valence electrons. The molecule has 0 rings (SSSR count). The molecule has 0 N–H and O–H groups in total. The van der Waals surface area contributed by atoms with Gasteiger partial charge in [0.1, 0.15) is 0 Å². The van der Waals surface area contributed by atoms with Crippen molar-refractivity contribution in [1.82, 2.24) is 0 Å². The van der Waals surface area contributed by atoms with Crippen LogP contribution in [-0.4, -0.2) is 15.0 Å². The van der Waals surface area contributed by atoms with Crippen molar-refractivity contribution < 1.29 is 0 Å². The van der Waals surface area contributed by atoms with Crippen LogP contribution in [0.1, 0.15) is 32.6 Å². The Morgan fingerprint density at radius 1 is 1.33 bits per heavy atom. The van der Waals surface area contributed by atoms with Gasteiger partial charge in [-0.05, 0) is 0 Å². The van der Waals surface area contributed by atoms with E-state index < -0.39 is 0 Å². The predicted molar refractivity (Wildman–Crippen MR) is 43.5 cm³/mol. The van der Waals surface area contributed by atoms with E-state index in [1.807, 2.05) is 0 Å². The van der Waals surface area contributed by atoms with Crippen LogP contribution >= 0.6 is 0 Å². The van der Waals surface area contributed by atoms with E-state index in [0.717, 1.165) is 0 Å². The molecule has 0 bridgehead atoms. The first-order valence-electron chi connectivity index (χ1n) is 3.49. The first-order chi connectivity index (χ1) is 4.41. The van der Waals surface area contributed by atoms with Gasteiger partial charge in [-0.15, -0.1) is 0 Å². The summed E-state index contributed by atoms with van der Waals surface area (Å²) in [5.74, 6) is 0. The Balaban J connectivity index is 2.69. The van der Waals surface area contributed by atoms with Crippen LogP contribution in [0.25, 0.3) is 0 Å². The second kappa shape index (κ2) is 8.08. The second-order valence-corrected chi connectivity index (χ2v) is 3.98. The first-order valence-corrected chi connectivity index (χ1v) is 5.56. The summed E-state index contributed by atoms with van der Waals surface area (Å²) >= 11 is 0.494. The van der Waals surface area contributed by atoms with Gasteiger partial charge in [-0.3, -0.25) is 0 Å². The molecular weight excluding hydrogens is 175 g/mol. The van der Waals surface area contributed by atoms with Gasteiger partial charge in [-0.2, -0.15) is 0 Å². The minimum absolute atomic E-state index is 0.494. The van der Waals surface area contributed by atoms with Crippen molar-refractivity contribution in [1.29, 1.82) is 0 Å². The fourth-order valence-electron chi connectivity index (χ4n) is 0.660. The van der Waals surface area contributed by atoms with Gasteiger partial charge < -0.3 is 0 Å². The molecule has 0 unspecified atom stereocenters. The van der Waals surface area contributed by atoms with E-state index in [1.165, 1.54) is 31.0 Å². The van der Waals surface area contributed by atoms with E-state index in [2.05, 4.69) is 11.7 Å². The van der Waals surface area contributed by atoms with Crippen molar-refractivity contribution in [2.45, 2.75) is 37.9 Å². The van der Waals surface area contributed by atoms with Gasteiger partial charge in [0.15, 0.2) is 0 Å². The van der Waals surface area contributed by atoms with Gasteiger partial charge in [-0.25, -0.2) is 0 Å². The van der Waals surface area contributed by atoms with Crippen molar-refractivity contribution in [3.05, 3.63) is 0 Å². The molecular formula is C8H14Se. The Labute approximate surface area is 64.6 Å². The van der Waals surface area contributed by atoms with Gasteiger partial charge in [-0.1, -0.05) is 0 Å². The molecule has 0 amide bonds. The van der Waals surface area contributed by atoms with E-state index in [1.54, 1.807) is 0 Å². The second-order valence-electron chi connectivity index (χ2n) is 2.03. The summed E-state index contributed by atoms with van der Waals surface area (Å²) in [6, 6.07) is 0. The molecule has 0 fully saturated rings. The van der Waals surface area contributed by atoms with E-state index in [9.17, 15) is 0 Å². The predicted octanol–water partition coefficient (Wildman–Crippen LogP) is 2.28. The fraction of sp³-hybridized carbons (Fsp3) is 0.750. The Morgan fingerprint density at radius 3 is 2.67 bits per heavy atom. The molecule has 0 saturated heterocycles. The number of unbranched alkanes of at least 4 members (excludes halogenated alkanes) is 3. The SMILES string of the molecule is C#C[Se]CCCCCC.